The normalized spacial score (nSPS) is 13.0. The van der Waals surface area contributed by atoms with Crippen molar-refractivity contribution in [3.05, 3.63) is 107 Å². The second-order valence-corrected chi connectivity index (χ2v) is 9.87. The highest BCUT2D eigenvalue weighted by Gasteiger charge is 2.35. The van der Waals surface area contributed by atoms with Gasteiger partial charge in [-0.2, -0.15) is 18.3 Å². The van der Waals surface area contributed by atoms with Gasteiger partial charge in [0.05, 0.1) is 17.3 Å². The molecule has 43 heavy (non-hydrogen) atoms. The van der Waals surface area contributed by atoms with E-state index >= 15 is 0 Å². The molecule has 2 atom stereocenters. The first-order valence-corrected chi connectivity index (χ1v) is 13.3. The maximum Gasteiger partial charge on any atom is 0.435 e. The van der Waals surface area contributed by atoms with Gasteiger partial charge in [0.2, 0.25) is 5.91 Å². The molecule has 13 heteroatoms. The van der Waals surface area contributed by atoms with Crippen molar-refractivity contribution in [2.24, 2.45) is 5.73 Å². The molecule has 4 rings (SSSR count). The van der Waals surface area contributed by atoms with Crippen LogP contribution in [0.15, 0.2) is 67.0 Å². The van der Waals surface area contributed by atoms with Gasteiger partial charge in [0, 0.05) is 24.0 Å². The molecule has 0 fully saturated rings. The number of unbranched alkanes of at least 4 members (excludes halogenated alkanes) is 1. The van der Waals surface area contributed by atoms with Crippen LogP contribution in [0.4, 0.5) is 26.3 Å². The lowest BCUT2D eigenvalue weighted by Crippen LogP contribution is -2.37. The van der Waals surface area contributed by atoms with E-state index in [1.165, 1.54) is 18.3 Å². The first-order chi connectivity index (χ1) is 20.4. The number of aromatic nitrogens is 3. The van der Waals surface area contributed by atoms with Gasteiger partial charge in [-0.3, -0.25) is 19.3 Å². The van der Waals surface area contributed by atoms with Crippen molar-refractivity contribution in [2.45, 2.75) is 50.9 Å². The summed E-state index contributed by atoms with van der Waals surface area (Å²) in [6.07, 6.45) is -1.15. The fraction of sp³-hybridized carbons (Fsp3) is 0.267. The molecule has 7 nitrogen and oxygen atoms in total. The van der Waals surface area contributed by atoms with Crippen LogP contribution >= 0.6 is 0 Å². The van der Waals surface area contributed by atoms with Gasteiger partial charge < -0.3 is 11.1 Å². The highest BCUT2D eigenvalue weighted by molar-refractivity contribution is 5.94. The lowest BCUT2D eigenvalue weighted by Gasteiger charge is -2.25. The number of nitrogens with one attached hydrogen (secondary N) is 1. The van der Waals surface area contributed by atoms with Gasteiger partial charge in [0.15, 0.2) is 5.69 Å². The smallest absolute Gasteiger partial charge is 0.366 e. The Balaban J connectivity index is 1.78. The molecule has 2 amide bonds. The minimum atomic E-state index is -4.72. The standard InChI is InChI=1S/C30H27F6N5O2/c1-2-3-6-25(41-11-9-26(40-41)30(34,35)36)29(43)39-24(14-17-12-19(31)16-20(32)13-17)27-21(5-4-10-38-27)18-7-8-23(33)22(15-18)28(37)42/h4-5,7-13,15-16,24-25H,2-3,6,14H2,1H3,(H2,37,42)(H,39,43). The van der Waals surface area contributed by atoms with Gasteiger partial charge >= 0.3 is 6.18 Å². The minimum absolute atomic E-state index is 0.150. The largest absolute Gasteiger partial charge is 0.435 e. The maximum atomic E-state index is 14.2. The van der Waals surface area contributed by atoms with Gasteiger partial charge in [-0.05, 0) is 60.4 Å². The van der Waals surface area contributed by atoms with Gasteiger partial charge in [-0.25, -0.2) is 13.2 Å². The molecule has 0 aliphatic heterocycles. The number of halogens is 6. The average Bonchev–Trinajstić information content (AvgIpc) is 3.43. The summed E-state index contributed by atoms with van der Waals surface area (Å²) in [6.45, 7) is 1.85. The number of hydrogen-bond donors (Lipinski definition) is 2. The zero-order valence-electron chi connectivity index (χ0n) is 22.8. The van der Waals surface area contributed by atoms with E-state index in [4.69, 9.17) is 5.73 Å². The maximum absolute atomic E-state index is 14.2. The summed E-state index contributed by atoms with van der Waals surface area (Å²) in [5, 5.41) is 6.36. The fourth-order valence-corrected chi connectivity index (χ4v) is 4.71. The number of rotatable bonds is 11. The zero-order chi connectivity index (χ0) is 31.3. The topological polar surface area (TPSA) is 103 Å². The van der Waals surface area contributed by atoms with Crippen molar-refractivity contribution in [3.8, 4) is 11.1 Å². The zero-order valence-corrected chi connectivity index (χ0v) is 22.8. The van der Waals surface area contributed by atoms with E-state index in [0.717, 1.165) is 35.1 Å². The minimum Gasteiger partial charge on any atom is -0.366 e. The van der Waals surface area contributed by atoms with Gasteiger partial charge in [0.25, 0.3) is 5.91 Å². The SMILES string of the molecule is CCCCC(C(=O)NC(Cc1cc(F)cc(F)c1)c1ncccc1-c1ccc(F)c(C(N)=O)c1)n1ccc(C(F)(F)F)n1. The Bertz CT molecular complexity index is 1600. The predicted octanol–water partition coefficient (Wildman–Crippen LogP) is 6.31. The van der Waals surface area contributed by atoms with E-state index < -0.39 is 53.2 Å². The number of hydrogen-bond acceptors (Lipinski definition) is 4. The Morgan fingerprint density at radius 1 is 1.02 bits per heavy atom. The molecule has 0 spiro atoms. The third-order valence-electron chi connectivity index (χ3n) is 6.74. The summed E-state index contributed by atoms with van der Waals surface area (Å²) >= 11 is 0. The Labute approximate surface area is 242 Å². The molecule has 3 N–H and O–H groups in total. The van der Waals surface area contributed by atoms with Gasteiger partial charge in [-0.15, -0.1) is 0 Å². The molecule has 4 aromatic rings. The summed E-state index contributed by atoms with van der Waals surface area (Å²) in [6, 6.07) is 8.14. The molecule has 2 aromatic heterocycles. The Morgan fingerprint density at radius 3 is 2.37 bits per heavy atom. The van der Waals surface area contributed by atoms with Crippen molar-refractivity contribution >= 4 is 11.8 Å². The number of alkyl halides is 3. The number of nitrogens with zero attached hydrogens (tertiary/aromatic N) is 3. The van der Waals surface area contributed by atoms with E-state index in [-0.39, 0.29) is 29.7 Å². The molecule has 0 radical (unpaired) electrons. The van der Waals surface area contributed by atoms with Crippen LogP contribution in [0.5, 0.6) is 0 Å². The van der Waals surface area contributed by atoms with Crippen molar-refractivity contribution in [1.29, 1.82) is 0 Å². The number of primary amides is 1. The van der Waals surface area contributed by atoms with Crippen LogP contribution in [0.3, 0.4) is 0 Å². The number of nitrogens with two attached hydrogens (primary N) is 1. The molecule has 0 aliphatic carbocycles. The summed E-state index contributed by atoms with van der Waals surface area (Å²) in [5.41, 5.74) is 4.75. The highest BCUT2D eigenvalue weighted by Crippen LogP contribution is 2.32. The van der Waals surface area contributed by atoms with E-state index in [1.54, 1.807) is 12.1 Å². The molecule has 0 saturated heterocycles. The van der Waals surface area contributed by atoms with Crippen LogP contribution in [0.1, 0.15) is 65.6 Å². The Morgan fingerprint density at radius 2 is 1.74 bits per heavy atom. The van der Waals surface area contributed by atoms with Crippen LogP contribution in [0.2, 0.25) is 0 Å². The lowest BCUT2D eigenvalue weighted by molar-refractivity contribution is -0.142. The number of benzene rings is 2. The molecule has 0 saturated carbocycles. The van der Waals surface area contributed by atoms with E-state index in [9.17, 15) is 35.9 Å². The Kier molecular flexibility index (Phi) is 9.52. The lowest BCUT2D eigenvalue weighted by atomic mass is 9.94. The summed E-state index contributed by atoms with van der Waals surface area (Å²) < 4.78 is 83.2. The first-order valence-electron chi connectivity index (χ1n) is 13.3. The van der Waals surface area contributed by atoms with Crippen LogP contribution in [-0.4, -0.2) is 26.6 Å². The molecular weight excluding hydrogens is 576 g/mol. The molecule has 2 heterocycles. The van der Waals surface area contributed by atoms with Gasteiger partial charge in [0.1, 0.15) is 23.5 Å². The second-order valence-electron chi connectivity index (χ2n) is 9.87. The van der Waals surface area contributed by atoms with Crippen LogP contribution in [0.25, 0.3) is 11.1 Å². The molecule has 2 aromatic carbocycles. The van der Waals surface area contributed by atoms with Crippen LogP contribution in [0, 0.1) is 17.5 Å². The summed E-state index contributed by atoms with van der Waals surface area (Å²) in [7, 11) is 0. The average molecular weight is 604 g/mol. The van der Waals surface area contributed by atoms with Crippen molar-refractivity contribution < 1.29 is 35.9 Å². The predicted molar refractivity (Wildman–Crippen MR) is 145 cm³/mol. The molecular formula is C30H27F6N5O2. The number of pyridine rings is 1. The highest BCUT2D eigenvalue weighted by atomic mass is 19.4. The van der Waals surface area contributed by atoms with Crippen molar-refractivity contribution in [1.82, 2.24) is 20.1 Å². The number of carbonyl (C=O) groups is 2. The van der Waals surface area contributed by atoms with Gasteiger partial charge in [-0.1, -0.05) is 31.9 Å². The summed E-state index contributed by atoms with van der Waals surface area (Å²) in [5.74, 6) is -4.29. The van der Waals surface area contributed by atoms with Crippen LogP contribution in [-0.2, 0) is 17.4 Å². The van der Waals surface area contributed by atoms with Crippen molar-refractivity contribution in [2.75, 3.05) is 0 Å². The third kappa shape index (κ3) is 7.59. The van der Waals surface area contributed by atoms with E-state index in [1.807, 2.05) is 6.92 Å². The van der Waals surface area contributed by atoms with Crippen LogP contribution < -0.4 is 11.1 Å². The number of amides is 2. The van der Waals surface area contributed by atoms with E-state index in [0.29, 0.717) is 30.0 Å². The molecule has 2 unspecified atom stereocenters. The quantitative estimate of drug-likeness (QED) is 0.196. The Hall–Kier alpha value is -4.68. The van der Waals surface area contributed by atoms with Crippen molar-refractivity contribution in [3.63, 3.8) is 0 Å². The first kappa shape index (κ1) is 31.3. The monoisotopic (exact) mass is 603 g/mol. The third-order valence-corrected chi connectivity index (χ3v) is 6.74. The number of carbonyl (C=O) groups excluding carboxylic acids is 2. The fourth-order valence-electron chi connectivity index (χ4n) is 4.71. The van der Waals surface area contributed by atoms with E-state index in [2.05, 4.69) is 15.4 Å². The molecule has 226 valence electrons. The molecule has 0 bridgehead atoms. The second kappa shape index (κ2) is 13.1. The molecule has 0 aliphatic rings. The summed E-state index contributed by atoms with van der Waals surface area (Å²) in [4.78, 5) is 29.9.